The van der Waals surface area contributed by atoms with Gasteiger partial charge in [-0.2, -0.15) is 5.26 Å². The third-order valence-corrected chi connectivity index (χ3v) is 8.76. The lowest BCUT2D eigenvalue weighted by atomic mass is 9.94. The van der Waals surface area contributed by atoms with Crippen molar-refractivity contribution in [3.8, 4) is 6.07 Å². The van der Waals surface area contributed by atoms with E-state index >= 15 is 0 Å². The number of anilines is 1. The highest BCUT2D eigenvalue weighted by Gasteiger charge is 2.24. The first-order valence-corrected chi connectivity index (χ1v) is 15.2. The van der Waals surface area contributed by atoms with Gasteiger partial charge in [-0.1, -0.05) is 59.6 Å². The number of halogens is 2. The lowest BCUT2D eigenvalue weighted by Crippen LogP contribution is -2.35. The molecule has 7 nitrogen and oxygen atoms in total. The maximum Gasteiger partial charge on any atom is 0.253 e. The predicted molar refractivity (Wildman–Crippen MR) is 170 cm³/mol. The normalized spacial score (nSPS) is 14.9. The molecule has 1 aliphatic rings. The smallest absolute Gasteiger partial charge is 0.253 e. The van der Waals surface area contributed by atoms with Crippen molar-refractivity contribution in [3.05, 3.63) is 94.0 Å². The van der Waals surface area contributed by atoms with E-state index in [-0.39, 0.29) is 11.8 Å². The molecule has 1 fully saturated rings. The lowest BCUT2D eigenvalue weighted by molar-refractivity contribution is 0.0783. The second-order valence-electron chi connectivity index (χ2n) is 10.9. The summed E-state index contributed by atoms with van der Waals surface area (Å²) in [6, 6.07) is 25.6. The summed E-state index contributed by atoms with van der Waals surface area (Å²) in [6.07, 6.45) is 2.35. The minimum Gasteiger partial charge on any atom is -0.341 e. The Morgan fingerprint density at radius 1 is 0.976 bits per heavy atom. The maximum absolute atomic E-state index is 13.1. The van der Waals surface area contributed by atoms with Gasteiger partial charge in [0.15, 0.2) is 0 Å². The zero-order valence-electron chi connectivity index (χ0n) is 23.9. The van der Waals surface area contributed by atoms with Crippen LogP contribution in [0.25, 0.3) is 11.0 Å². The molecule has 2 heterocycles. The van der Waals surface area contributed by atoms with E-state index < -0.39 is 0 Å². The minimum absolute atomic E-state index is 0.00496. The number of benzene rings is 3. The first-order chi connectivity index (χ1) is 20.4. The van der Waals surface area contributed by atoms with Crippen LogP contribution in [0.1, 0.15) is 41.1 Å². The summed E-state index contributed by atoms with van der Waals surface area (Å²) in [5.41, 5.74) is 3.80. The quantitative estimate of drug-likeness (QED) is 0.202. The molecule has 1 saturated heterocycles. The molecule has 0 N–H and O–H groups in total. The van der Waals surface area contributed by atoms with Crippen molar-refractivity contribution in [2.45, 2.75) is 31.7 Å². The number of nitrogens with zero attached hydrogens (tertiary/aromatic N) is 6. The molecule has 0 spiro atoms. The molecule has 1 amide bonds. The van der Waals surface area contributed by atoms with Gasteiger partial charge in [-0.05, 0) is 67.9 Å². The van der Waals surface area contributed by atoms with Crippen LogP contribution in [0.5, 0.6) is 0 Å². The van der Waals surface area contributed by atoms with Crippen molar-refractivity contribution in [2.75, 3.05) is 51.2 Å². The monoisotopic (exact) mass is 602 g/mol. The van der Waals surface area contributed by atoms with E-state index in [1.54, 1.807) is 4.90 Å². The largest absolute Gasteiger partial charge is 0.341 e. The van der Waals surface area contributed by atoms with Crippen molar-refractivity contribution in [1.82, 2.24) is 19.4 Å². The maximum atomic E-state index is 13.1. The molecule has 0 saturated carbocycles. The van der Waals surface area contributed by atoms with Gasteiger partial charge in [0.2, 0.25) is 5.95 Å². The zero-order chi connectivity index (χ0) is 29.5. The number of para-hydroxylation sites is 2. The van der Waals surface area contributed by atoms with Crippen molar-refractivity contribution in [3.63, 3.8) is 0 Å². The van der Waals surface area contributed by atoms with Crippen LogP contribution in [0.3, 0.4) is 0 Å². The summed E-state index contributed by atoms with van der Waals surface area (Å²) in [6.45, 7) is 5.78. The molecular weight excluding hydrogens is 567 g/mol. The summed E-state index contributed by atoms with van der Waals surface area (Å²) in [7, 11) is 1.86. The Hall–Kier alpha value is -3.57. The van der Waals surface area contributed by atoms with E-state index in [1.165, 1.54) is 0 Å². The van der Waals surface area contributed by atoms with Gasteiger partial charge in [-0.15, -0.1) is 0 Å². The molecule has 5 rings (SSSR count). The average molecular weight is 604 g/mol. The number of fused-ring (bicyclic) bond motifs is 1. The van der Waals surface area contributed by atoms with Crippen LogP contribution >= 0.6 is 23.2 Å². The van der Waals surface area contributed by atoms with E-state index in [1.807, 2.05) is 73.8 Å². The molecule has 42 heavy (non-hydrogen) atoms. The molecule has 218 valence electrons. The molecule has 0 bridgehead atoms. The number of carbonyl (C=O) groups excluding carboxylic acids is 1. The number of imidazole rings is 1. The van der Waals surface area contributed by atoms with Gasteiger partial charge in [0.25, 0.3) is 5.91 Å². The third kappa shape index (κ3) is 7.07. The molecule has 1 aliphatic heterocycles. The molecule has 3 aromatic carbocycles. The van der Waals surface area contributed by atoms with Gasteiger partial charge >= 0.3 is 0 Å². The van der Waals surface area contributed by atoms with E-state index in [2.05, 4.69) is 26.5 Å². The SMILES string of the molecule is CN(CC(CCN1CCCN(c2nc3ccccc3n2CCC#N)CC1)c1ccc(Cl)c(Cl)c1)C(=O)c1ccccc1. The molecule has 9 heteroatoms. The summed E-state index contributed by atoms with van der Waals surface area (Å²) >= 11 is 12.7. The van der Waals surface area contributed by atoms with Gasteiger partial charge in [0.05, 0.1) is 33.6 Å². The zero-order valence-corrected chi connectivity index (χ0v) is 25.4. The van der Waals surface area contributed by atoms with Crippen molar-refractivity contribution < 1.29 is 4.79 Å². The number of likely N-dealkylation sites (N-methyl/N-ethyl adjacent to an activating group) is 1. The standard InChI is InChI=1S/C33H36Cl2N6O/c1-38(32(42)25-9-3-2-4-10-25)24-27(26-13-14-28(34)29(35)23-26)15-20-39-17-8-18-40(22-21-39)33-37-30-11-5-6-12-31(30)41(33)19-7-16-36/h2-6,9-14,23,27H,7-8,15,17-22,24H2,1H3. The van der Waals surface area contributed by atoms with Gasteiger partial charge in [-0.25, -0.2) is 4.98 Å². The van der Waals surface area contributed by atoms with E-state index in [0.717, 1.165) is 68.1 Å². The number of hydrogen-bond acceptors (Lipinski definition) is 5. The Labute approximate surface area is 257 Å². The highest BCUT2D eigenvalue weighted by Crippen LogP contribution is 2.30. The molecule has 0 radical (unpaired) electrons. The molecule has 1 aromatic heterocycles. The highest BCUT2D eigenvalue weighted by molar-refractivity contribution is 6.42. The summed E-state index contributed by atoms with van der Waals surface area (Å²) in [4.78, 5) is 24.8. The molecule has 0 aliphatic carbocycles. The second kappa shape index (κ2) is 14.1. The highest BCUT2D eigenvalue weighted by atomic mass is 35.5. The number of rotatable bonds is 10. The van der Waals surface area contributed by atoms with Crippen molar-refractivity contribution in [2.24, 2.45) is 0 Å². The summed E-state index contributed by atoms with van der Waals surface area (Å²) in [5.74, 6) is 1.06. The van der Waals surface area contributed by atoms with Crippen LogP contribution < -0.4 is 4.90 Å². The predicted octanol–water partition coefficient (Wildman–Crippen LogP) is 6.71. The minimum atomic E-state index is 0.00496. The fraction of sp³-hybridized carbons (Fsp3) is 0.364. The Kier molecular flexibility index (Phi) is 10.0. The Bertz CT molecular complexity index is 1550. The summed E-state index contributed by atoms with van der Waals surface area (Å²) in [5, 5.41) is 10.3. The fourth-order valence-corrected chi connectivity index (χ4v) is 6.07. The summed E-state index contributed by atoms with van der Waals surface area (Å²) < 4.78 is 2.19. The first kappa shape index (κ1) is 29.9. The van der Waals surface area contributed by atoms with Gasteiger partial charge in [0.1, 0.15) is 0 Å². The number of hydrogen-bond donors (Lipinski definition) is 0. The van der Waals surface area contributed by atoms with Crippen LogP contribution in [0.4, 0.5) is 5.95 Å². The molecular formula is C33H36Cl2N6O. The average Bonchev–Trinajstić information content (AvgIpc) is 3.21. The number of nitriles is 1. The number of aryl methyl sites for hydroxylation is 1. The van der Waals surface area contributed by atoms with Crippen molar-refractivity contribution >= 4 is 46.1 Å². The molecule has 1 atom stereocenters. The first-order valence-electron chi connectivity index (χ1n) is 14.5. The molecule has 1 unspecified atom stereocenters. The van der Waals surface area contributed by atoms with Crippen LogP contribution in [0.15, 0.2) is 72.8 Å². The van der Waals surface area contributed by atoms with Crippen LogP contribution in [-0.4, -0.2) is 71.6 Å². The van der Waals surface area contributed by atoms with E-state index in [0.29, 0.717) is 35.1 Å². The Morgan fingerprint density at radius 3 is 2.55 bits per heavy atom. The van der Waals surface area contributed by atoms with Crippen molar-refractivity contribution in [1.29, 1.82) is 5.26 Å². The van der Waals surface area contributed by atoms with Crippen LogP contribution in [0.2, 0.25) is 10.0 Å². The third-order valence-electron chi connectivity index (χ3n) is 8.02. The number of aromatic nitrogens is 2. The molecule has 4 aromatic rings. The Morgan fingerprint density at radius 2 is 1.76 bits per heavy atom. The second-order valence-corrected chi connectivity index (χ2v) is 11.7. The van der Waals surface area contributed by atoms with E-state index in [9.17, 15) is 10.1 Å². The number of amides is 1. The van der Waals surface area contributed by atoms with Crippen LogP contribution in [-0.2, 0) is 6.54 Å². The van der Waals surface area contributed by atoms with Gasteiger partial charge < -0.3 is 19.3 Å². The fourth-order valence-electron chi connectivity index (χ4n) is 5.76. The van der Waals surface area contributed by atoms with Gasteiger partial charge in [0, 0.05) is 51.3 Å². The number of carbonyl (C=O) groups is 1. The Balaban J connectivity index is 1.27. The topological polar surface area (TPSA) is 68.4 Å². The van der Waals surface area contributed by atoms with Crippen LogP contribution in [0, 0.1) is 11.3 Å². The lowest BCUT2D eigenvalue weighted by Gasteiger charge is -2.28. The van der Waals surface area contributed by atoms with E-state index in [4.69, 9.17) is 28.2 Å². The van der Waals surface area contributed by atoms with Gasteiger partial charge in [-0.3, -0.25) is 4.79 Å².